The third-order valence-corrected chi connectivity index (χ3v) is 20.1. The van der Waals surface area contributed by atoms with E-state index < -0.39 is 21.5 Å². The summed E-state index contributed by atoms with van der Waals surface area (Å²) in [5.74, 6) is 2.07. The highest BCUT2D eigenvalue weighted by Crippen LogP contribution is 2.29. The van der Waals surface area contributed by atoms with Crippen molar-refractivity contribution in [3.8, 4) is 12.0 Å². The minimum Gasteiger partial charge on any atom is -0.462 e. The van der Waals surface area contributed by atoms with Crippen molar-refractivity contribution < 1.29 is 14.6 Å². The summed E-state index contributed by atoms with van der Waals surface area (Å²) in [6, 6.07) is 1.49. The zero-order valence-electron chi connectivity index (χ0n) is 11.0. The van der Waals surface area contributed by atoms with Crippen LogP contribution in [0.5, 0.6) is 0 Å². The quantitative estimate of drug-likeness (QED) is 0.518. The fraction of sp³-hybridized carbons (Fsp3) is 0.818. The highest BCUT2D eigenvalue weighted by molar-refractivity contribution is 7.38. The van der Waals surface area contributed by atoms with Gasteiger partial charge in [0.05, 0.1) is 7.59 Å². The zero-order chi connectivity index (χ0) is 12.8. The first-order chi connectivity index (χ1) is 7.23. The van der Waals surface area contributed by atoms with Gasteiger partial charge in [0.25, 0.3) is 0 Å². The van der Waals surface area contributed by atoms with Gasteiger partial charge in [0, 0.05) is 6.61 Å². The van der Waals surface area contributed by atoms with Crippen molar-refractivity contribution in [2.75, 3.05) is 6.61 Å². The van der Waals surface area contributed by atoms with E-state index in [0.717, 1.165) is 6.61 Å². The lowest BCUT2D eigenvalue weighted by Gasteiger charge is -2.41. The van der Waals surface area contributed by atoms with Gasteiger partial charge < -0.3 is 14.6 Å². The van der Waals surface area contributed by atoms with Gasteiger partial charge in [-0.15, -0.1) is 0 Å². The molecule has 0 radical (unpaired) electrons. The first-order valence-corrected chi connectivity index (χ1v) is 12.8. The highest BCUT2D eigenvalue weighted by atomic mass is 29.3. The Kier molecular flexibility index (Phi) is 6.33. The van der Waals surface area contributed by atoms with E-state index in [0.29, 0.717) is 0 Å². The number of aliphatic hydroxyl groups is 2. The Labute approximate surface area is 101 Å². The van der Waals surface area contributed by atoms with E-state index in [-0.39, 0.29) is 0 Å². The van der Waals surface area contributed by atoms with Crippen LogP contribution in [0.3, 0.4) is 0 Å². The Morgan fingerprint density at radius 2 is 1.81 bits per heavy atom. The summed E-state index contributed by atoms with van der Waals surface area (Å²) in [6.45, 7) is 12.3. The Morgan fingerprint density at radius 3 is 2.00 bits per heavy atom. The molecule has 1 rings (SSSR count). The lowest BCUT2D eigenvalue weighted by molar-refractivity contribution is 0.252. The van der Waals surface area contributed by atoms with Crippen LogP contribution in [0.4, 0.5) is 0 Å². The molecule has 0 spiro atoms. The van der Waals surface area contributed by atoms with Crippen LogP contribution in [0.2, 0.25) is 32.2 Å². The predicted molar refractivity (Wildman–Crippen MR) is 71.7 cm³/mol. The smallest absolute Gasteiger partial charge is 0.173 e. The summed E-state index contributed by atoms with van der Waals surface area (Å²) >= 11 is 0. The van der Waals surface area contributed by atoms with Gasteiger partial charge in [0.1, 0.15) is 12.2 Å². The van der Waals surface area contributed by atoms with Gasteiger partial charge in [-0.05, 0) is 32.4 Å². The molecule has 1 atom stereocenters. The molecule has 0 saturated carbocycles. The van der Waals surface area contributed by atoms with Crippen molar-refractivity contribution in [1.82, 2.24) is 0 Å². The van der Waals surface area contributed by atoms with Gasteiger partial charge >= 0.3 is 0 Å². The van der Waals surface area contributed by atoms with Gasteiger partial charge in [-0.1, -0.05) is 19.1 Å². The minimum absolute atomic E-state index is 0.713. The lowest BCUT2D eigenvalue weighted by Crippen LogP contribution is -2.59. The van der Waals surface area contributed by atoms with Crippen LogP contribution in [-0.4, -0.2) is 38.4 Å². The molecule has 3 nitrogen and oxygen atoms in total. The van der Waals surface area contributed by atoms with Crippen molar-refractivity contribution in [2.24, 2.45) is 0 Å². The molecule has 0 amide bonds. The van der Waals surface area contributed by atoms with E-state index >= 15 is 0 Å². The zero-order valence-corrected chi connectivity index (χ0v) is 13.0. The first kappa shape index (κ1) is 15.7. The highest BCUT2D eigenvalue weighted by Gasteiger charge is 2.44. The van der Waals surface area contributed by atoms with E-state index in [1.807, 2.05) is 0 Å². The number of aliphatic hydroxyl groups excluding tert-OH is 2. The topological polar surface area (TPSA) is 49.7 Å². The largest absolute Gasteiger partial charge is 0.462 e. The molecule has 0 aromatic rings. The molecular weight excluding hydrogens is 236 g/mol. The van der Waals surface area contributed by atoms with Crippen molar-refractivity contribution in [2.45, 2.75) is 51.7 Å². The molecule has 16 heavy (non-hydrogen) atoms. The molecule has 1 fully saturated rings. The summed E-state index contributed by atoms with van der Waals surface area (Å²) < 4.78 is 5.88. The van der Waals surface area contributed by atoms with E-state index in [2.05, 4.69) is 32.1 Å². The fourth-order valence-corrected chi connectivity index (χ4v) is 7.92. The molecule has 0 aromatic heterocycles. The molecule has 0 bridgehead atoms. The van der Waals surface area contributed by atoms with Gasteiger partial charge in [-0.3, -0.25) is 0 Å². The number of rotatable bonds is 0. The standard InChI is InChI=1S/C7H18OSi2.C4H6O2/c1-9(2)7-5-6-8-10(9,3)4;1-4(6)2-3-5/h5-7H2,1-4H3;4-6H,1H3. The molecule has 1 aliphatic heterocycles. The normalized spacial score (nSPS) is 23.1. The van der Waals surface area contributed by atoms with Crippen molar-refractivity contribution in [3.63, 3.8) is 0 Å². The van der Waals surface area contributed by atoms with Crippen molar-refractivity contribution >= 4 is 15.4 Å². The third kappa shape index (κ3) is 5.17. The van der Waals surface area contributed by atoms with E-state index in [1.54, 1.807) is 6.11 Å². The third-order valence-electron chi connectivity index (χ3n) is 3.31. The van der Waals surface area contributed by atoms with Gasteiger partial charge in [-0.25, -0.2) is 0 Å². The maximum atomic E-state index is 8.22. The maximum absolute atomic E-state index is 8.22. The average Bonchev–Trinajstić information content (AvgIpc) is 2.11. The SMILES string of the molecule is CC(O)C#CO.C[Si]1(C)CCCO[Si]1(C)C. The molecule has 0 aromatic carbocycles. The van der Waals surface area contributed by atoms with Crippen LogP contribution in [-0.2, 0) is 4.43 Å². The summed E-state index contributed by atoms with van der Waals surface area (Å²) in [5, 5.41) is 15.9. The maximum Gasteiger partial charge on any atom is 0.173 e. The number of hydrogen-bond donors (Lipinski definition) is 2. The molecule has 2 N–H and O–H groups in total. The Bertz CT molecular complexity index is 248. The van der Waals surface area contributed by atoms with Crippen LogP contribution >= 0.6 is 0 Å². The van der Waals surface area contributed by atoms with Crippen LogP contribution in [0.25, 0.3) is 0 Å². The van der Waals surface area contributed by atoms with Crippen LogP contribution in [0.1, 0.15) is 13.3 Å². The summed E-state index contributed by atoms with van der Waals surface area (Å²) in [4.78, 5) is 0. The summed E-state index contributed by atoms with van der Waals surface area (Å²) in [5.41, 5.74) is 0. The van der Waals surface area contributed by atoms with Gasteiger partial charge in [0.15, 0.2) is 7.83 Å². The molecule has 0 aliphatic carbocycles. The predicted octanol–water partition coefficient (Wildman–Crippen LogP) is 2.10. The Morgan fingerprint density at radius 1 is 1.25 bits per heavy atom. The van der Waals surface area contributed by atoms with Crippen LogP contribution in [0, 0.1) is 12.0 Å². The number of hydrogen-bond acceptors (Lipinski definition) is 3. The summed E-state index contributed by atoms with van der Waals surface area (Å²) in [6.07, 6.45) is 2.17. The van der Waals surface area contributed by atoms with Crippen LogP contribution in [0.15, 0.2) is 0 Å². The second kappa shape index (κ2) is 6.45. The molecular formula is C11H24O3Si2. The summed E-state index contributed by atoms with van der Waals surface area (Å²) in [7, 11) is -2.08. The van der Waals surface area contributed by atoms with Crippen molar-refractivity contribution in [3.05, 3.63) is 0 Å². The lowest BCUT2D eigenvalue weighted by atomic mass is 10.4. The monoisotopic (exact) mass is 260 g/mol. The van der Waals surface area contributed by atoms with E-state index in [9.17, 15) is 0 Å². The minimum atomic E-state index is -1.18. The van der Waals surface area contributed by atoms with Crippen molar-refractivity contribution in [1.29, 1.82) is 0 Å². The van der Waals surface area contributed by atoms with Gasteiger partial charge in [-0.2, -0.15) is 0 Å². The molecule has 1 heterocycles. The van der Waals surface area contributed by atoms with E-state index in [4.69, 9.17) is 14.6 Å². The van der Waals surface area contributed by atoms with Gasteiger partial charge in [0.2, 0.25) is 0 Å². The second-order valence-corrected chi connectivity index (χ2v) is 20.5. The second-order valence-electron chi connectivity index (χ2n) is 5.28. The fourth-order valence-electron chi connectivity index (χ4n) is 1.43. The molecule has 1 aliphatic rings. The first-order valence-electron chi connectivity index (χ1n) is 5.69. The molecule has 1 unspecified atom stereocenters. The molecule has 94 valence electrons. The Hall–Kier alpha value is -0.286. The van der Waals surface area contributed by atoms with Crippen LogP contribution < -0.4 is 0 Å². The molecule has 1 saturated heterocycles. The molecule has 5 heteroatoms. The average molecular weight is 260 g/mol. The Balaban J connectivity index is 0.000000325. The van der Waals surface area contributed by atoms with E-state index in [1.165, 1.54) is 19.4 Å².